The second-order valence-electron chi connectivity index (χ2n) is 7.93. The number of fused-ring (bicyclic) bond motifs is 3. The topological polar surface area (TPSA) is 93.7 Å². The zero-order valence-electron chi connectivity index (χ0n) is 18.8. The Morgan fingerprint density at radius 1 is 1.00 bits per heavy atom. The third kappa shape index (κ3) is 5.41. The molecule has 0 saturated heterocycles. The maximum Gasteiger partial charge on any atom is 0.252 e. The van der Waals surface area contributed by atoms with Crippen molar-refractivity contribution in [2.75, 3.05) is 39.3 Å². The lowest BCUT2D eigenvalue weighted by Gasteiger charge is -2.14. The minimum absolute atomic E-state index is 0.0358. The molecule has 0 heterocycles. The van der Waals surface area contributed by atoms with Gasteiger partial charge in [0.05, 0.1) is 13.2 Å². The van der Waals surface area contributed by atoms with E-state index in [2.05, 4.69) is 10.6 Å². The number of benzene rings is 2. The highest BCUT2D eigenvalue weighted by Crippen LogP contribution is 2.47. The molecule has 0 bridgehead atoms. The molecule has 1 unspecified atom stereocenters. The van der Waals surface area contributed by atoms with Crippen molar-refractivity contribution in [2.45, 2.75) is 32.1 Å². The summed E-state index contributed by atoms with van der Waals surface area (Å²) in [5, 5.41) is 5.82. The second kappa shape index (κ2) is 11.0. The molecule has 1 aliphatic rings. The van der Waals surface area contributed by atoms with E-state index in [0.717, 1.165) is 22.3 Å². The Morgan fingerprint density at radius 2 is 1.81 bits per heavy atom. The Bertz CT molecular complexity index is 1000. The highest BCUT2D eigenvalue weighted by molar-refractivity contribution is 6.04. The lowest BCUT2D eigenvalue weighted by atomic mass is 9.96. The first kappa shape index (κ1) is 23.6. The highest BCUT2D eigenvalue weighted by Gasteiger charge is 2.32. The summed E-state index contributed by atoms with van der Waals surface area (Å²) < 4.78 is 10.5. The van der Waals surface area contributed by atoms with Crippen molar-refractivity contribution in [1.29, 1.82) is 0 Å². The van der Waals surface area contributed by atoms with E-state index in [1.54, 1.807) is 14.2 Å². The van der Waals surface area contributed by atoms with E-state index in [4.69, 9.17) is 9.47 Å². The van der Waals surface area contributed by atoms with Crippen LogP contribution in [-0.4, -0.2) is 51.6 Å². The van der Waals surface area contributed by atoms with Crippen LogP contribution in [0.15, 0.2) is 36.4 Å². The third-order valence-electron chi connectivity index (χ3n) is 5.55. The molecule has 0 fully saturated rings. The van der Waals surface area contributed by atoms with Crippen molar-refractivity contribution < 1.29 is 23.9 Å². The van der Waals surface area contributed by atoms with E-state index in [-0.39, 0.29) is 23.5 Å². The number of methoxy groups -OCH3 is 2. The molecule has 1 atom stereocenters. The van der Waals surface area contributed by atoms with Crippen LogP contribution in [0.4, 0.5) is 5.69 Å². The molecule has 0 saturated carbocycles. The van der Waals surface area contributed by atoms with E-state index in [0.29, 0.717) is 50.3 Å². The number of Topliss-reactive ketones (excluding diaryl/α,β-unsaturated/α-hetero) is 1. The summed E-state index contributed by atoms with van der Waals surface area (Å²) in [4.78, 5) is 36.2. The summed E-state index contributed by atoms with van der Waals surface area (Å²) in [5.74, 6) is -0.224. The lowest BCUT2D eigenvalue weighted by molar-refractivity contribution is -0.117. The van der Waals surface area contributed by atoms with Crippen LogP contribution in [0.5, 0.6) is 0 Å². The fourth-order valence-corrected chi connectivity index (χ4v) is 4.10. The molecule has 2 amide bonds. The Balaban J connectivity index is 1.87. The molecule has 32 heavy (non-hydrogen) atoms. The van der Waals surface area contributed by atoms with E-state index >= 15 is 0 Å². The molecule has 0 aliphatic heterocycles. The van der Waals surface area contributed by atoms with Crippen LogP contribution in [0.2, 0.25) is 0 Å². The molecule has 2 N–H and O–H groups in total. The average molecular weight is 439 g/mol. The zero-order valence-corrected chi connectivity index (χ0v) is 18.8. The van der Waals surface area contributed by atoms with Gasteiger partial charge in [-0.25, -0.2) is 0 Å². The fraction of sp³-hybridized carbons (Fsp3) is 0.400. The summed E-state index contributed by atoms with van der Waals surface area (Å²) in [5.41, 5.74) is 5.22. The van der Waals surface area contributed by atoms with E-state index < -0.39 is 0 Å². The number of ketones is 1. The van der Waals surface area contributed by atoms with Crippen LogP contribution >= 0.6 is 0 Å². The van der Waals surface area contributed by atoms with E-state index in [1.165, 1.54) is 6.92 Å². The molecular weight excluding hydrogens is 408 g/mol. The summed E-state index contributed by atoms with van der Waals surface area (Å²) in [6.45, 7) is 2.87. The Morgan fingerprint density at radius 3 is 2.53 bits per heavy atom. The first-order valence-electron chi connectivity index (χ1n) is 10.8. The van der Waals surface area contributed by atoms with Crippen molar-refractivity contribution in [3.63, 3.8) is 0 Å². The minimum Gasteiger partial charge on any atom is -0.384 e. The van der Waals surface area contributed by atoms with Gasteiger partial charge >= 0.3 is 0 Å². The molecular formula is C25H30N2O5. The van der Waals surface area contributed by atoms with Crippen LogP contribution in [0.25, 0.3) is 11.1 Å². The van der Waals surface area contributed by atoms with Gasteiger partial charge in [-0.3, -0.25) is 9.59 Å². The standard InChI is InChI=1S/C25H30N2O5/c1-16(28)6-4-9-23(29)27-17-10-11-19-21(14-17)22(15-32-3)18-7-5-8-20(24(18)19)25(30)26-12-13-31-2/h5,7-8,10-11,14,22H,4,6,9,12-13,15H2,1-3H3,(H,26,30)(H,27,29). The molecule has 0 aromatic heterocycles. The van der Waals surface area contributed by atoms with Gasteiger partial charge in [0, 0.05) is 50.8 Å². The third-order valence-corrected chi connectivity index (χ3v) is 5.55. The Labute approximate surface area is 188 Å². The van der Waals surface area contributed by atoms with Gasteiger partial charge in [-0.2, -0.15) is 0 Å². The van der Waals surface area contributed by atoms with Crippen molar-refractivity contribution in [3.05, 3.63) is 53.1 Å². The fourth-order valence-electron chi connectivity index (χ4n) is 4.10. The number of carbonyl (C=O) groups is 3. The molecule has 2 aromatic rings. The van der Waals surface area contributed by atoms with E-state index in [9.17, 15) is 14.4 Å². The largest absolute Gasteiger partial charge is 0.384 e. The first-order chi connectivity index (χ1) is 15.5. The Kier molecular flexibility index (Phi) is 8.14. The van der Waals surface area contributed by atoms with Crippen molar-refractivity contribution >= 4 is 23.3 Å². The van der Waals surface area contributed by atoms with Crippen molar-refractivity contribution in [3.8, 4) is 11.1 Å². The van der Waals surface area contributed by atoms with Crippen LogP contribution in [0, 0.1) is 0 Å². The minimum atomic E-state index is -0.147. The molecule has 7 heteroatoms. The van der Waals surface area contributed by atoms with Gasteiger partial charge in [0.15, 0.2) is 0 Å². The maximum atomic E-state index is 12.8. The SMILES string of the molecule is COCCNC(=O)c1cccc2c1-c1ccc(NC(=O)CCCC(C)=O)cc1C2COC. The van der Waals surface area contributed by atoms with E-state index in [1.807, 2.05) is 36.4 Å². The molecule has 1 aliphatic carbocycles. The van der Waals surface area contributed by atoms with Crippen molar-refractivity contribution in [1.82, 2.24) is 5.32 Å². The average Bonchev–Trinajstić information content (AvgIpc) is 3.07. The van der Waals surface area contributed by atoms with Gasteiger partial charge in [-0.05, 0) is 53.8 Å². The summed E-state index contributed by atoms with van der Waals surface area (Å²) in [7, 11) is 3.25. The van der Waals surface area contributed by atoms with Crippen LogP contribution in [-0.2, 0) is 19.1 Å². The lowest BCUT2D eigenvalue weighted by Crippen LogP contribution is -2.27. The number of anilines is 1. The summed E-state index contributed by atoms with van der Waals surface area (Å²) >= 11 is 0. The smallest absolute Gasteiger partial charge is 0.252 e. The van der Waals surface area contributed by atoms with Gasteiger partial charge in [0.1, 0.15) is 5.78 Å². The van der Waals surface area contributed by atoms with Gasteiger partial charge < -0.3 is 24.9 Å². The monoisotopic (exact) mass is 438 g/mol. The van der Waals surface area contributed by atoms with Gasteiger partial charge in [-0.1, -0.05) is 18.2 Å². The second-order valence-corrected chi connectivity index (χ2v) is 7.93. The Hall–Kier alpha value is -3.03. The van der Waals surface area contributed by atoms with Gasteiger partial charge in [-0.15, -0.1) is 0 Å². The van der Waals surface area contributed by atoms with Gasteiger partial charge in [0.2, 0.25) is 5.91 Å². The quantitative estimate of drug-likeness (QED) is 0.524. The number of hydrogen-bond donors (Lipinski definition) is 2. The number of ether oxygens (including phenoxy) is 2. The highest BCUT2D eigenvalue weighted by atomic mass is 16.5. The molecule has 0 radical (unpaired) electrons. The van der Waals surface area contributed by atoms with Crippen LogP contribution in [0.1, 0.15) is 53.6 Å². The zero-order chi connectivity index (χ0) is 23.1. The predicted molar refractivity (Wildman–Crippen MR) is 123 cm³/mol. The number of carbonyl (C=O) groups excluding carboxylic acids is 3. The molecule has 2 aromatic carbocycles. The number of amides is 2. The predicted octanol–water partition coefficient (Wildman–Crippen LogP) is 3.52. The van der Waals surface area contributed by atoms with Crippen LogP contribution < -0.4 is 10.6 Å². The number of hydrogen-bond acceptors (Lipinski definition) is 5. The van der Waals surface area contributed by atoms with Crippen LogP contribution in [0.3, 0.4) is 0 Å². The molecule has 170 valence electrons. The first-order valence-corrected chi connectivity index (χ1v) is 10.8. The number of rotatable bonds is 11. The van der Waals surface area contributed by atoms with Gasteiger partial charge in [0.25, 0.3) is 5.91 Å². The maximum absolute atomic E-state index is 12.8. The molecule has 0 spiro atoms. The summed E-state index contributed by atoms with van der Waals surface area (Å²) in [6, 6.07) is 11.5. The van der Waals surface area contributed by atoms with Crippen molar-refractivity contribution in [2.24, 2.45) is 0 Å². The number of nitrogens with one attached hydrogen (secondary N) is 2. The summed E-state index contributed by atoms with van der Waals surface area (Å²) in [6.07, 6.45) is 1.23. The molecule has 7 nitrogen and oxygen atoms in total. The molecule has 3 rings (SSSR count). The normalized spacial score (nSPS) is 13.9.